The molecular weight excluding hydrogens is 423 g/mol. The number of carbonyl (C=O) groups excluding carboxylic acids is 2. The van der Waals surface area contributed by atoms with Crippen LogP contribution in [0.1, 0.15) is 17.4 Å². The number of benzene rings is 2. The molecule has 3 aromatic rings. The van der Waals surface area contributed by atoms with Crippen molar-refractivity contribution in [1.82, 2.24) is 4.98 Å². The van der Waals surface area contributed by atoms with Gasteiger partial charge < -0.3 is 9.64 Å². The first-order valence-corrected chi connectivity index (χ1v) is 9.52. The number of hydrogen-bond acceptors (Lipinski definition) is 4. The van der Waals surface area contributed by atoms with Crippen LogP contribution in [0.3, 0.4) is 0 Å². The highest BCUT2D eigenvalue weighted by atomic mass is 35.5. The van der Waals surface area contributed by atoms with E-state index in [9.17, 15) is 9.59 Å². The lowest BCUT2D eigenvalue weighted by Gasteiger charge is -2.22. The maximum absolute atomic E-state index is 12.7. The van der Waals surface area contributed by atoms with Gasteiger partial charge in [0.2, 0.25) is 0 Å². The Kier molecular flexibility index (Phi) is 6.39. The van der Waals surface area contributed by atoms with Crippen LogP contribution < -0.4 is 4.90 Å². The largest absolute Gasteiger partial charge is 0.451 e. The predicted octanol–water partition coefficient (Wildman–Crippen LogP) is 5.40. The van der Waals surface area contributed by atoms with Gasteiger partial charge in [-0.25, -0.2) is 9.78 Å². The maximum Gasteiger partial charge on any atom is 0.359 e. The summed E-state index contributed by atoms with van der Waals surface area (Å²) < 4.78 is 5.10. The molecule has 1 amide bonds. The third-order valence-electron chi connectivity index (χ3n) is 4.11. The van der Waals surface area contributed by atoms with Gasteiger partial charge in [0.05, 0.1) is 20.8 Å². The smallest absolute Gasteiger partial charge is 0.359 e. The third kappa shape index (κ3) is 4.07. The summed E-state index contributed by atoms with van der Waals surface area (Å²) in [5, 5.41) is 1.94. The summed E-state index contributed by atoms with van der Waals surface area (Å²) in [7, 11) is 0. The zero-order valence-electron chi connectivity index (χ0n) is 14.8. The molecule has 1 heterocycles. The van der Waals surface area contributed by atoms with Crippen molar-refractivity contribution in [1.29, 1.82) is 0 Å². The molecule has 144 valence electrons. The highest BCUT2D eigenvalue weighted by molar-refractivity contribution is 6.48. The van der Waals surface area contributed by atoms with E-state index >= 15 is 0 Å². The highest BCUT2D eigenvalue weighted by Gasteiger charge is 2.22. The second-order valence-corrected chi connectivity index (χ2v) is 6.96. The van der Waals surface area contributed by atoms with Crippen molar-refractivity contribution in [3.8, 4) is 0 Å². The summed E-state index contributed by atoms with van der Waals surface area (Å²) in [5.74, 6) is -1.23. The van der Waals surface area contributed by atoms with Gasteiger partial charge in [0.15, 0.2) is 12.3 Å². The molecule has 0 atom stereocenters. The van der Waals surface area contributed by atoms with E-state index in [0.29, 0.717) is 6.54 Å². The van der Waals surface area contributed by atoms with Crippen molar-refractivity contribution in [2.75, 3.05) is 18.1 Å². The number of aromatic nitrogens is 1. The lowest BCUT2D eigenvalue weighted by molar-refractivity contribution is -0.121. The molecule has 2 aromatic carbocycles. The number of esters is 1. The third-order valence-corrected chi connectivity index (χ3v) is 5.35. The van der Waals surface area contributed by atoms with Gasteiger partial charge in [0.1, 0.15) is 0 Å². The molecule has 0 fully saturated rings. The van der Waals surface area contributed by atoms with Crippen molar-refractivity contribution in [2.45, 2.75) is 6.92 Å². The summed E-state index contributed by atoms with van der Waals surface area (Å²) in [6.07, 6.45) is 1.20. The second kappa shape index (κ2) is 8.78. The van der Waals surface area contributed by atoms with Crippen molar-refractivity contribution >= 4 is 63.1 Å². The molecule has 0 radical (unpaired) electrons. The van der Waals surface area contributed by atoms with Gasteiger partial charge in [-0.15, -0.1) is 0 Å². The van der Waals surface area contributed by atoms with Crippen LogP contribution in [0, 0.1) is 0 Å². The zero-order chi connectivity index (χ0) is 20.3. The molecule has 0 aliphatic rings. The second-order valence-electron chi connectivity index (χ2n) is 5.80. The molecular formula is C20H15Cl3N2O3. The number of fused-ring (bicyclic) bond motifs is 1. The number of halogens is 3. The first kappa shape index (κ1) is 20.4. The van der Waals surface area contributed by atoms with Gasteiger partial charge in [0, 0.05) is 18.1 Å². The van der Waals surface area contributed by atoms with Gasteiger partial charge in [-0.05, 0) is 18.4 Å². The molecule has 0 aliphatic carbocycles. The van der Waals surface area contributed by atoms with Crippen molar-refractivity contribution < 1.29 is 14.3 Å². The fourth-order valence-electron chi connectivity index (χ4n) is 2.78. The lowest BCUT2D eigenvalue weighted by atomic mass is 10.1. The summed E-state index contributed by atoms with van der Waals surface area (Å²) in [6, 6.07) is 13.4. The average Bonchev–Trinajstić information content (AvgIpc) is 2.71. The minimum absolute atomic E-state index is 0.00236. The van der Waals surface area contributed by atoms with E-state index in [1.807, 2.05) is 49.4 Å². The zero-order valence-corrected chi connectivity index (χ0v) is 17.1. The molecule has 3 rings (SSSR count). The van der Waals surface area contributed by atoms with Crippen LogP contribution in [0.25, 0.3) is 10.8 Å². The van der Waals surface area contributed by atoms with Gasteiger partial charge in [-0.2, -0.15) is 0 Å². The predicted molar refractivity (Wildman–Crippen MR) is 112 cm³/mol. The minimum atomic E-state index is -0.856. The first-order valence-electron chi connectivity index (χ1n) is 8.38. The van der Waals surface area contributed by atoms with Crippen molar-refractivity contribution in [3.05, 3.63) is 69.4 Å². The Balaban J connectivity index is 1.78. The van der Waals surface area contributed by atoms with Crippen LogP contribution in [0.15, 0.2) is 48.7 Å². The number of likely N-dealkylation sites (N-methyl/N-ethyl adjacent to an activating group) is 1. The Bertz CT molecular complexity index is 1050. The van der Waals surface area contributed by atoms with Crippen LogP contribution in [0.4, 0.5) is 5.69 Å². The number of carbonyl (C=O) groups is 2. The van der Waals surface area contributed by atoms with Crippen LogP contribution in [-0.2, 0) is 9.53 Å². The Labute approximate surface area is 176 Å². The lowest BCUT2D eigenvalue weighted by Crippen LogP contribution is -2.34. The molecule has 5 nitrogen and oxygen atoms in total. The van der Waals surface area contributed by atoms with E-state index < -0.39 is 12.6 Å². The van der Waals surface area contributed by atoms with Crippen LogP contribution >= 0.6 is 34.8 Å². The maximum atomic E-state index is 12.7. The number of rotatable bonds is 5. The highest BCUT2D eigenvalue weighted by Crippen LogP contribution is 2.31. The van der Waals surface area contributed by atoms with Crippen molar-refractivity contribution in [3.63, 3.8) is 0 Å². The number of nitrogens with zero attached hydrogens (tertiary/aromatic N) is 2. The van der Waals surface area contributed by atoms with E-state index in [0.717, 1.165) is 16.5 Å². The molecule has 1 aromatic heterocycles. The van der Waals surface area contributed by atoms with E-state index in [2.05, 4.69) is 4.98 Å². The van der Waals surface area contributed by atoms with E-state index in [1.54, 1.807) is 4.90 Å². The van der Waals surface area contributed by atoms with Crippen LogP contribution in [0.5, 0.6) is 0 Å². The van der Waals surface area contributed by atoms with Gasteiger partial charge in [0.25, 0.3) is 5.91 Å². The molecule has 0 bridgehead atoms. The Morgan fingerprint density at radius 1 is 1.04 bits per heavy atom. The normalized spacial score (nSPS) is 10.7. The monoisotopic (exact) mass is 436 g/mol. The van der Waals surface area contributed by atoms with Gasteiger partial charge in [-0.1, -0.05) is 71.2 Å². The van der Waals surface area contributed by atoms with Crippen molar-refractivity contribution in [2.24, 2.45) is 0 Å². The summed E-state index contributed by atoms with van der Waals surface area (Å²) in [4.78, 5) is 30.3. The fourth-order valence-corrected chi connectivity index (χ4v) is 3.34. The molecule has 28 heavy (non-hydrogen) atoms. The van der Waals surface area contributed by atoms with Gasteiger partial charge in [-0.3, -0.25) is 4.79 Å². The van der Waals surface area contributed by atoms with Crippen LogP contribution in [-0.4, -0.2) is 30.0 Å². The van der Waals surface area contributed by atoms with Crippen LogP contribution in [0.2, 0.25) is 15.1 Å². The summed E-state index contributed by atoms with van der Waals surface area (Å²) in [6.45, 7) is 1.79. The average molecular weight is 438 g/mol. The number of pyridine rings is 1. The summed E-state index contributed by atoms with van der Waals surface area (Å²) in [5.41, 5.74) is 0.546. The number of anilines is 1. The van der Waals surface area contributed by atoms with E-state index in [1.165, 1.54) is 6.20 Å². The minimum Gasteiger partial charge on any atom is -0.451 e. The number of amides is 1. The SMILES string of the molecule is CCN(C(=O)COC(=O)c1ncc(Cl)c(Cl)c1Cl)c1cccc2ccccc12. The Morgan fingerprint density at radius 2 is 1.75 bits per heavy atom. The standard InChI is InChI=1S/C20H15Cl3N2O3/c1-2-25(15-9-5-7-12-6-3-4-8-13(12)15)16(26)11-28-20(27)19-18(23)17(22)14(21)10-24-19/h3-10H,2,11H2,1H3. The number of hydrogen-bond donors (Lipinski definition) is 0. The first-order chi connectivity index (χ1) is 13.4. The molecule has 0 aliphatic heterocycles. The summed E-state index contributed by atoms with van der Waals surface area (Å²) >= 11 is 17.7. The Morgan fingerprint density at radius 3 is 2.50 bits per heavy atom. The van der Waals surface area contributed by atoms with E-state index in [-0.39, 0.29) is 26.7 Å². The fraction of sp³-hybridized carbons (Fsp3) is 0.150. The Hall–Kier alpha value is -2.34. The molecule has 0 saturated heterocycles. The van der Waals surface area contributed by atoms with Gasteiger partial charge >= 0.3 is 5.97 Å². The molecule has 0 saturated carbocycles. The topological polar surface area (TPSA) is 59.5 Å². The quantitative estimate of drug-likeness (QED) is 0.501. The molecule has 8 heteroatoms. The number of ether oxygens (including phenoxy) is 1. The molecule has 0 unspecified atom stereocenters. The molecule has 0 N–H and O–H groups in total. The van der Waals surface area contributed by atoms with E-state index in [4.69, 9.17) is 39.5 Å². The molecule has 0 spiro atoms.